The molecule has 0 aliphatic heterocycles. The number of nitrogens with zero attached hydrogens (tertiary/aromatic N) is 3. The molecule has 2 aromatic carbocycles. The van der Waals surface area contributed by atoms with Crippen LogP contribution in [0.15, 0.2) is 57.7 Å². The van der Waals surface area contributed by atoms with Gasteiger partial charge in [0.05, 0.1) is 21.4 Å². The topological polar surface area (TPSA) is 54.7 Å². The zero-order valence-corrected chi connectivity index (χ0v) is 18.0. The van der Waals surface area contributed by atoms with E-state index in [1.165, 1.54) is 25.4 Å². The first-order valence-corrected chi connectivity index (χ1v) is 11.0. The Hall–Kier alpha value is -1.64. The SMILES string of the molecule is CN(C)S(=O)(=O)c1cc(-c2csc(=Nc3ccccc3Cl)n2C)ccc1Cl. The van der Waals surface area contributed by atoms with Gasteiger partial charge in [-0.2, -0.15) is 0 Å². The molecule has 142 valence electrons. The quantitative estimate of drug-likeness (QED) is 0.596. The number of rotatable bonds is 4. The zero-order chi connectivity index (χ0) is 19.8. The van der Waals surface area contributed by atoms with Crippen LogP contribution in [-0.2, 0) is 17.1 Å². The van der Waals surface area contributed by atoms with Crippen LogP contribution in [0, 0.1) is 0 Å². The summed E-state index contributed by atoms with van der Waals surface area (Å²) in [7, 11) is 1.18. The molecule has 1 heterocycles. The van der Waals surface area contributed by atoms with Gasteiger partial charge in [0, 0.05) is 32.1 Å². The first-order chi connectivity index (χ1) is 12.7. The van der Waals surface area contributed by atoms with Crippen molar-refractivity contribution in [2.24, 2.45) is 12.0 Å². The second-order valence-electron chi connectivity index (χ2n) is 5.96. The third-order valence-corrected chi connectivity index (χ3v) is 7.51. The molecular formula is C18H17Cl2N3O2S2. The molecule has 0 amide bonds. The van der Waals surface area contributed by atoms with E-state index in [0.29, 0.717) is 10.7 Å². The molecule has 0 saturated carbocycles. The predicted octanol–water partition coefficient (Wildman–Crippen LogP) is 4.54. The highest BCUT2D eigenvalue weighted by Gasteiger charge is 2.22. The Morgan fingerprint density at radius 1 is 1.07 bits per heavy atom. The van der Waals surface area contributed by atoms with E-state index in [2.05, 4.69) is 4.99 Å². The van der Waals surface area contributed by atoms with Crippen LogP contribution in [0.1, 0.15) is 0 Å². The first kappa shape index (κ1) is 20.1. The molecule has 0 saturated heterocycles. The van der Waals surface area contributed by atoms with Crippen molar-refractivity contribution < 1.29 is 8.42 Å². The normalized spacial score (nSPS) is 12.7. The van der Waals surface area contributed by atoms with Gasteiger partial charge in [-0.1, -0.05) is 41.4 Å². The molecule has 3 rings (SSSR count). The van der Waals surface area contributed by atoms with Crippen LogP contribution in [0.5, 0.6) is 0 Å². The lowest BCUT2D eigenvalue weighted by Crippen LogP contribution is -2.22. The standard InChI is InChI=1S/C18H17Cl2N3O2S2/c1-22(2)27(24,25)17-10-12(8-9-14(17)20)16-11-26-18(23(16)3)21-15-7-5-4-6-13(15)19/h4-11H,1-3H3. The lowest BCUT2D eigenvalue weighted by atomic mass is 10.2. The van der Waals surface area contributed by atoms with Gasteiger partial charge in [-0.05, 0) is 24.3 Å². The van der Waals surface area contributed by atoms with Crippen LogP contribution < -0.4 is 4.80 Å². The lowest BCUT2D eigenvalue weighted by molar-refractivity contribution is 0.521. The monoisotopic (exact) mass is 441 g/mol. The average Bonchev–Trinajstić information content (AvgIpc) is 2.98. The predicted molar refractivity (Wildman–Crippen MR) is 111 cm³/mol. The van der Waals surface area contributed by atoms with Crippen LogP contribution >= 0.6 is 34.5 Å². The minimum absolute atomic E-state index is 0.0717. The minimum atomic E-state index is -3.64. The van der Waals surface area contributed by atoms with E-state index < -0.39 is 10.0 Å². The molecule has 0 aliphatic carbocycles. The van der Waals surface area contributed by atoms with Gasteiger partial charge in [-0.3, -0.25) is 0 Å². The van der Waals surface area contributed by atoms with Crippen molar-refractivity contribution in [1.82, 2.24) is 8.87 Å². The van der Waals surface area contributed by atoms with E-state index in [1.807, 2.05) is 35.2 Å². The maximum atomic E-state index is 12.5. The molecule has 9 heteroatoms. The molecule has 0 unspecified atom stereocenters. The Labute approximate surface area is 172 Å². The number of benzene rings is 2. The summed E-state index contributed by atoms with van der Waals surface area (Å²) in [6, 6.07) is 12.3. The molecular weight excluding hydrogens is 425 g/mol. The average molecular weight is 442 g/mol. The minimum Gasteiger partial charge on any atom is -0.320 e. The summed E-state index contributed by atoms with van der Waals surface area (Å²) in [5, 5.41) is 2.68. The summed E-state index contributed by atoms with van der Waals surface area (Å²) in [5.41, 5.74) is 2.24. The van der Waals surface area contributed by atoms with Crippen molar-refractivity contribution in [2.75, 3.05) is 14.1 Å². The van der Waals surface area contributed by atoms with Gasteiger partial charge in [0.15, 0.2) is 4.80 Å². The van der Waals surface area contributed by atoms with Gasteiger partial charge in [0.2, 0.25) is 10.0 Å². The highest BCUT2D eigenvalue weighted by molar-refractivity contribution is 7.89. The summed E-state index contributed by atoms with van der Waals surface area (Å²) < 4.78 is 28.1. The smallest absolute Gasteiger partial charge is 0.244 e. The molecule has 0 N–H and O–H groups in total. The van der Waals surface area contributed by atoms with E-state index >= 15 is 0 Å². The van der Waals surface area contributed by atoms with Crippen LogP contribution in [0.25, 0.3) is 11.3 Å². The Kier molecular flexibility index (Phi) is 5.79. The number of thiazole rings is 1. The highest BCUT2D eigenvalue weighted by Crippen LogP contribution is 2.30. The van der Waals surface area contributed by atoms with Gasteiger partial charge in [0.25, 0.3) is 0 Å². The number of aromatic nitrogens is 1. The van der Waals surface area contributed by atoms with Crippen molar-refractivity contribution in [1.29, 1.82) is 0 Å². The summed E-state index contributed by atoms with van der Waals surface area (Å²) in [5.74, 6) is 0. The maximum absolute atomic E-state index is 12.5. The molecule has 0 aliphatic rings. The molecule has 0 fully saturated rings. The van der Waals surface area contributed by atoms with Crippen LogP contribution in [0.2, 0.25) is 10.0 Å². The Balaban J connectivity index is 2.12. The maximum Gasteiger partial charge on any atom is 0.244 e. The second-order valence-corrected chi connectivity index (χ2v) is 9.73. The van der Waals surface area contributed by atoms with E-state index in [1.54, 1.807) is 24.3 Å². The first-order valence-electron chi connectivity index (χ1n) is 7.88. The Morgan fingerprint density at radius 3 is 2.44 bits per heavy atom. The van der Waals surface area contributed by atoms with Crippen molar-refractivity contribution in [2.45, 2.75) is 4.90 Å². The molecule has 5 nitrogen and oxygen atoms in total. The molecule has 27 heavy (non-hydrogen) atoms. The molecule has 0 radical (unpaired) electrons. The van der Waals surface area contributed by atoms with Crippen molar-refractivity contribution in [3.05, 3.63) is 62.7 Å². The van der Waals surface area contributed by atoms with Gasteiger partial charge in [0.1, 0.15) is 4.90 Å². The molecule has 3 aromatic rings. The van der Waals surface area contributed by atoms with Crippen molar-refractivity contribution in [3.63, 3.8) is 0 Å². The fourth-order valence-corrected chi connectivity index (χ4v) is 4.93. The number of hydrogen-bond acceptors (Lipinski definition) is 4. The molecule has 0 atom stereocenters. The number of para-hydroxylation sites is 1. The van der Waals surface area contributed by atoms with Gasteiger partial charge in [-0.25, -0.2) is 17.7 Å². The zero-order valence-electron chi connectivity index (χ0n) is 14.8. The third kappa shape index (κ3) is 3.97. The Morgan fingerprint density at radius 2 is 1.78 bits per heavy atom. The molecule has 0 bridgehead atoms. The van der Waals surface area contributed by atoms with E-state index in [9.17, 15) is 8.42 Å². The fourth-order valence-electron chi connectivity index (χ4n) is 2.44. The van der Waals surface area contributed by atoms with Crippen LogP contribution in [0.3, 0.4) is 0 Å². The molecule has 0 spiro atoms. The summed E-state index contributed by atoms with van der Waals surface area (Å²) in [4.78, 5) is 5.41. The van der Waals surface area contributed by atoms with Crippen LogP contribution in [-0.4, -0.2) is 31.4 Å². The second kappa shape index (κ2) is 7.77. The highest BCUT2D eigenvalue weighted by atomic mass is 35.5. The third-order valence-electron chi connectivity index (χ3n) is 3.98. The summed E-state index contributed by atoms with van der Waals surface area (Å²) >= 11 is 13.8. The Bertz CT molecular complexity index is 1170. The number of halogens is 2. The van der Waals surface area contributed by atoms with Gasteiger partial charge in [-0.15, -0.1) is 11.3 Å². The summed E-state index contributed by atoms with van der Waals surface area (Å²) in [6.07, 6.45) is 0. The molecule has 1 aromatic heterocycles. The van der Waals surface area contributed by atoms with Crippen LogP contribution in [0.4, 0.5) is 5.69 Å². The van der Waals surface area contributed by atoms with Gasteiger partial charge >= 0.3 is 0 Å². The van der Waals surface area contributed by atoms with Crippen molar-refractivity contribution in [3.8, 4) is 11.3 Å². The largest absolute Gasteiger partial charge is 0.320 e. The number of sulfonamides is 1. The lowest BCUT2D eigenvalue weighted by Gasteiger charge is -2.14. The fraction of sp³-hybridized carbons (Fsp3) is 0.167. The van der Waals surface area contributed by atoms with E-state index in [4.69, 9.17) is 23.2 Å². The number of hydrogen-bond donors (Lipinski definition) is 0. The van der Waals surface area contributed by atoms with E-state index in [0.717, 1.165) is 20.4 Å². The van der Waals surface area contributed by atoms with E-state index in [-0.39, 0.29) is 9.92 Å². The summed E-state index contributed by atoms with van der Waals surface area (Å²) in [6.45, 7) is 0. The van der Waals surface area contributed by atoms with Crippen molar-refractivity contribution >= 4 is 50.2 Å². The van der Waals surface area contributed by atoms with Gasteiger partial charge < -0.3 is 4.57 Å².